The Morgan fingerprint density at radius 2 is 1.69 bits per heavy atom. The maximum atomic E-state index is 10.2. The van der Waals surface area contributed by atoms with Gasteiger partial charge in [-0.1, -0.05) is 80.4 Å². The van der Waals surface area contributed by atoms with Crippen molar-refractivity contribution in [3.05, 3.63) is 74.8 Å². The number of anilines is 1. The lowest BCUT2D eigenvalue weighted by atomic mass is 9.97. The van der Waals surface area contributed by atoms with Gasteiger partial charge >= 0.3 is 0 Å². The molecule has 0 unspecified atom stereocenters. The molecule has 0 spiro atoms. The van der Waals surface area contributed by atoms with Crippen LogP contribution in [0.15, 0.2) is 42.5 Å². The second kappa shape index (κ2) is 12.6. The van der Waals surface area contributed by atoms with E-state index >= 15 is 0 Å². The molecule has 39 heavy (non-hydrogen) atoms. The summed E-state index contributed by atoms with van der Waals surface area (Å²) in [5.41, 5.74) is 6.96. The zero-order chi connectivity index (χ0) is 27.4. The molecule has 1 aliphatic heterocycles. The minimum absolute atomic E-state index is 0.666. The molecule has 2 aromatic heterocycles. The second-order valence-electron chi connectivity index (χ2n) is 10.7. The topological polar surface area (TPSA) is 47.6 Å². The van der Waals surface area contributed by atoms with Crippen LogP contribution in [0.1, 0.15) is 67.7 Å². The van der Waals surface area contributed by atoms with Crippen LogP contribution in [0.25, 0.3) is 16.7 Å². The summed E-state index contributed by atoms with van der Waals surface area (Å²) in [6.45, 7) is 8.86. The lowest BCUT2D eigenvalue weighted by molar-refractivity contribution is 0.249. The third-order valence-corrected chi connectivity index (χ3v) is 8.65. The molecule has 5 rings (SSSR count). The fourth-order valence-corrected chi connectivity index (χ4v) is 6.35. The number of fused-ring (bicyclic) bond motifs is 3. The monoisotopic (exact) mass is 561 g/mol. The van der Waals surface area contributed by atoms with Crippen LogP contribution in [0.5, 0.6) is 0 Å². The molecule has 3 heterocycles. The molecule has 1 fully saturated rings. The molecule has 1 saturated heterocycles. The van der Waals surface area contributed by atoms with Gasteiger partial charge in [0, 0.05) is 42.8 Å². The van der Waals surface area contributed by atoms with Crippen LogP contribution < -0.4 is 4.90 Å². The molecule has 2 aromatic carbocycles. The fourth-order valence-electron chi connectivity index (χ4n) is 5.89. The SMILES string of the molecule is CCCCCCCCc1c(C)c(C#N)c2nc3ccccc3n2c1N1CCN(Cc2ccc(Cl)cc2Cl)CC1. The number of unbranched alkanes of at least 4 members (excludes halogenated alkanes) is 5. The van der Waals surface area contributed by atoms with E-state index < -0.39 is 0 Å². The Bertz CT molecular complexity index is 1490. The van der Waals surface area contributed by atoms with Gasteiger partial charge in [0.05, 0.1) is 16.6 Å². The van der Waals surface area contributed by atoms with Crippen LogP contribution in [0.4, 0.5) is 5.82 Å². The molecule has 0 amide bonds. The van der Waals surface area contributed by atoms with Gasteiger partial charge in [0.2, 0.25) is 0 Å². The predicted molar refractivity (Wildman–Crippen MR) is 163 cm³/mol. The number of nitriles is 1. The number of imidazole rings is 1. The third-order valence-electron chi connectivity index (χ3n) is 8.07. The lowest BCUT2D eigenvalue weighted by Gasteiger charge is -2.38. The van der Waals surface area contributed by atoms with E-state index in [1.54, 1.807) is 0 Å². The van der Waals surface area contributed by atoms with Crippen molar-refractivity contribution in [2.45, 2.75) is 65.3 Å². The zero-order valence-corrected chi connectivity index (χ0v) is 24.5. The van der Waals surface area contributed by atoms with E-state index in [9.17, 15) is 5.26 Å². The van der Waals surface area contributed by atoms with Crippen molar-refractivity contribution in [3.63, 3.8) is 0 Å². The van der Waals surface area contributed by atoms with Gasteiger partial charge in [-0.2, -0.15) is 5.26 Å². The molecule has 5 nitrogen and oxygen atoms in total. The van der Waals surface area contributed by atoms with Crippen molar-refractivity contribution in [3.8, 4) is 6.07 Å². The molecule has 0 radical (unpaired) electrons. The molecular formula is C32H37Cl2N5. The second-order valence-corrected chi connectivity index (χ2v) is 11.5. The first-order chi connectivity index (χ1) is 19.0. The highest BCUT2D eigenvalue weighted by Crippen LogP contribution is 2.35. The van der Waals surface area contributed by atoms with Crippen molar-refractivity contribution in [2.75, 3.05) is 31.1 Å². The number of rotatable bonds is 10. The van der Waals surface area contributed by atoms with Crippen molar-refractivity contribution in [1.29, 1.82) is 5.26 Å². The molecule has 1 aliphatic rings. The standard InChI is InChI=1S/C32H37Cl2N5/c1-3-4-5-6-7-8-11-26-23(2)27(21-35)31-36-29-12-9-10-13-30(29)39(31)32(26)38-18-16-37(17-19-38)22-24-14-15-25(33)20-28(24)34/h9-10,12-15,20H,3-8,11,16-19,22H2,1-2H3. The van der Waals surface area contributed by atoms with Crippen LogP contribution in [-0.2, 0) is 13.0 Å². The Balaban J connectivity index is 1.47. The van der Waals surface area contributed by atoms with Gasteiger partial charge in [-0.05, 0) is 60.7 Å². The molecule has 7 heteroatoms. The van der Waals surface area contributed by atoms with Gasteiger partial charge in [-0.25, -0.2) is 4.98 Å². The minimum Gasteiger partial charge on any atom is -0.355 e. The van der Waals surface area contributed by atoms with E-state index in [-0.39, 0.29) is 0 Å². The first-order valence-corrected chi connectivity index (χ1v) is 15.0. The normalized spacial score (nSPS) is 14.4. The van der Waals surface area contributed by atoms with Gasteiger partial charge in [-0.15, -0.1) is 0 Å². The fraction of sp³-hybridized carbons (Fsp3) is 0.438. The number of para-hydroxylation sites is 2. The summed E-state index contributed by atoms with van der Waals surface area (Å²) in [4.78, 5) is 9.91. The summed E-state index contributed by atoms with van der Waals surface area (Å²) >= 11 is 12.6. The van der Waals surface area contributed by atoms with Crippen LogP contribution in [0.3, 0.4) is 0 Å². The van der Waals surface area contributed by atoms with Crippen LogP contribution in [0, 0.1) is 18.3 Å². The number of nitrogens with zero attached hydrogens (tertiary/aromatic N) is 5. The summed E-state index contributed by atoms with van der Waals surface area (Å²) < 4.78 is 2.26. The Labute approximate surface area is 241 Å². The molecule has 0 saturated carbocycles. The first kappa shape index (κ1) is 27.8. The summed E-state index contributed by atoms with van der Waals surface area (Å²) in [6, 6.07) is 16.5. The third kappa shape index (κ3) is 5.89. The van der Waals surface area contributed by atoms with E-state index in [4.69, 9.17) is 28.2 Å². The molecular weight excluding hydrogens is 525 g/mol. The number of benzene rings is 2. The molecule has 204 valence electrons. The highest BCUT2D eigenvalue weighted by Gasteiger charge is 2.27. The number of hydrogen-bond donors (Lipinski definition) is 0. The van der Waals surface area contributed by atoms with Crippen LogP contribution in [0.2, 0.25) is 10.0 Å². The summed E-state index contributed by atoms with van der Waals surface area (Å²) in [7, 11) is 0. The quantitative estimate of drug-likeness (QED) is 0.183. The van der Waals surface area contributed by atoms with E-state index in [2.05, 4.69) is 46.2 Å². The molecule has 0 bridgehead atoms. The molecule has 0 N–H and O–H groups in total. The van der Waals surface area contributed by atoms with Crippen molar-refractivity contribution >= 4 is 45.7 Å². The van der Waals surface area contributed by atoms with Gasteiger partial charge in [0.15, 0.2) is 5.65 Å². The van der Waals surface area contributed by atoms with Crippen molar-refractivity contribution in [2.24, 2.45) is 0 Å². The van der Waals surface area contributed by atoms with E-state index in [1.807, 2.05) is 30.3 Å². The number of pyridine rings is 1. The lowest BCUT2D eigenvalue weighted by Crippen LogP contribution is -2.47. The number of hydrogen-bond acceptors (Lipinski definition) is 4. The Morgan fingerprint density at radius 1 is 0.949 bits per heavy atom. The molecule has 0 aliphatic carbocycles. The van der Waals surface area contributed by atoms with Crippen LogP contribution in [-0.4, -0.2) is 40.5 Å². The highest BCUT2D eigenvalue weighted by molar-refractivity contribution is 6.35. The maximum absolute atomic E-state index is 10.2. The number of piperazine rings is 1. The number of aromatic nitrogens is 2. The average molecular weight is 563 g/mol. The predicted octanol–water partition coefficient (Wildman–Crippen LogP) is 8.20. The maximum Gasteiger partial charge on any atom is 0.157 e. The Hall–Kier alpha value is -2.78. The summed E-state index contributed by atoms with van der Waals surface area (Å²) in [5.74, 6) is 1.22. The smallest absolute Gasteiger partial charge is 0.157 e. The molecule has 0 atom stereocenters. The van der Waals surface area contributed by atoms with Crippen molar-refractivity contribution < 1.29 is 0 Å². The average Bonchev–Trinajstić information content (AvgIpc) is 3.32. The first-order valence-electron chi connectivity index (χ1n) is 14.3. The zero-order valence-electron chi connectivity index (χ0n) is 23.0. The minimum atomic E-state index is 0.666. The highest BCUT2D eigenvalue weighted by atomic mass is 35.5. The van der Waals surface area contributed by atoms with Gasteiger partial charge in [0.25, 0.3) is 0 Å². The summed E-state index contributed by atoms with van der Waals surface area (Å²) in [5, 5.41) is 11.6. The van der Waals surface area contributed by atoms with Gasteiger partial charge < -0.3 is 4.90 Å². The van der Waals surface area contributed by atoms with Gasteiger partial charge in [0.1, 0.15) is 11.9 Å². The van der Waals surface area contributed by atoms with E-state index in [0.29, 0.717) is 10.6 Å². The van der Waals surface area contributed by atoms with E-state index in [0.717, 1.165) is 78.4 Å². The Kier molecular flexibility index (Phi) is 8.97. The van der Waals surface area contributed by atoms with Crippen molar-refractivity contribution in [1.82, 2.24) is 14.3 Å². The number of halogens is 2. The van der Waals surface area contributed by atoms with Crippen LogP contribution >= 0.6 is 23.2 Å². The summed E-state index contributed by atoms with van der Waals surface area (Å²) in [6.07, 6.45) is 8.47. The van der Waals surface area contributed by atoms with E-state index in [1.165, 1.54) is 43.5 Å². The largest absolute Gasteiger partial charge is 0.355 e. The van der Waals surface area contributed by atoms with Gasteiger partial charge in [-0.3, -0.25) is 9.30 Å². The Morgan fingerprint density at radius 3 is 2.44 bits per heavy atom. The molecule has 4 aromatic rings.